The van der Waals surface area contributed by atoms with Crippen molar-refractivity contribution in [3.8, 4) is 0 Å². The lowest BCUT2D eigenvalue weighted by Crippen LogP contribution is -2.13. The van der Waals surface area contributed by atoms with Gasteiger partial charge in [-0.15, -0.1) is 0 Å². The van der Waals surface area contributed by atoms with Crippen molar-refractivity contribution in [1.82, 2.24) is 14.5 Å². The maximum absolute atomic E-state index is 11.8. The molecule has 0 aliphatic rings. The van der Waals surface area contributed by atoms with Gasteiger partial charge in [-0.3, -0.25) is 0 Å². The summed E-state index contributed by atoms with van der Waals surface area (Å²) in [4.78, 5) is 8.38. The Labute approximate surface area is 103 Å². The van der Waals surface area contributed by atoms with Crippen LogP contribution in [0.5, 0.6) is 0 Å². The van der Waals surface area contributed by atoms with E-state index in [1.807, 2.05) is 17.7 Å². The molecule has 0 radical (unpaired) electrons. The number of aryl methyl sites for hydroxylation is 1. The lowest BCUT2D eigenvalue weighted by molar-refractivity contribution is 0.0215. The summed E-state index contributed by atoms with van der Waals surface area (Å²) in [6.07, 6.45) is 0.944. The number of hydrogen-bond donors (Lipinski definition) is 1. The second-order valence-electron chi connectivity index (χ2n) is 3.78. The number of pyridine rings is 1. The molecule has 18 heavy (non-hydrogen) atoms. The average molecular weight is 256 g/mol. The Balaban J connectivity index is 1.92. The van der Waals surface area contributed by atoms with Crippen LogP contribution in [-0.4, -0.2) is 40.7 Å². The molecule has 0 aromatic carbocycles. The number of imidazole rings is 1. The minimum atomic E-state index is -2.43. The number of nitrogens with zero attached hydrogens (tertiary/aromatic N) is 3. The number of anilines is 1. The number of halogens is 2. The van der Waals surface area contributed by atoms with Gasteiger partial charge in [0.15, 0.2) is 5.82 Å². The van der Waals surface area contributed by atoms with Gasteiger partial charge in [-0.2, -0.15) is 0 Å². The van der Waals surface area contributed by atoms with E-state index in [4.69, 9.17) is 4.74 Å². The Morgan fingerprint density at radius 2 is 2.28 bits per heavy atom. The van der Waals surface area contributed by atoms with Crippen LogP contribution in [0.1, 0.15) is 0 Å². The molecule has 1 N–H and O–H groups in total. The zero-order valence-corrected chi connectivity index (χ0v) is 9.94. The van der Waals surface area contributed by atoms with E-state index in [9.17, 15) is 8.78 Å². The predicted molar refractivity (Wildman–Crippen MR) is 63.8 cm³/mol. The smallest absolute Gasteiger partial charge is 0.261 e. The molecule has 5 nitrogen and oxygen atoms in total. The molecular formula is C11H14F2N4O. The zero-order chi connectivity index (χ0) is 13.0. The van der Waals surface area contributed by atoms with Crippen molar-refractivity contribution in [3.05, 3.63) is 18.6 Å². The van der Waals surface area contributed by atoms with E-state index in [1.54, 1.807) is 12.5 Å². The molecule has 2 heterocycles. The Morgan fingerprint density at radius 1 is 1.44 bits per heavy atom. The van der Waals surface area contributed by atoms with Gasteiger partial charge in [0.05, 0.1) is 18.5 Å². The average Bonchev–Trinajstić information content (AvgIpc) is 2.71. The number of hydrogen-bond acceptors (Lipinski definition) is 4. The second-order valence-corrected chi connectivity index (χ2v) is 3.78. The van der Waals surface area contributed by atoms with E-state index in [-0.39, 0.29) is 6.61 Å². The summed E-state index contributed by atoms with van der Waals surface area (Å²) < 4.78 is 30.3. The number of alkyl halides is 2. The third-order valence-electron chi connectivity index (χ3n) is 2.43. The Morgan fingerprint density at radius 3 is 3.06 bits per heavy atom. The summed E-state index contributed by atoms with van der Waals surface area (Å²) in [6, 6.07) is 1.86. The first-order chi connectivity index (χ1) is 8.68. The van der Waals surface area contributed by atoms with E-state index in [0.29, 0.717) is 12.4 Å². The van der Waals surface area contributed by atoms with Gasteiger partial charge in [0.2, 0.25) is 0 Å². The fourth-order valence-electron chi connectivity index (χ4n) is 1.61. The summed E-state index contributed by atoms with van der Waals surface area (Å²) in [5, 5.41) is 3.02. The van der Waals surface area contributed by atoms with Crippen LogP contribution in [0.2, 0.25) is 0 Å². The fraction of sp³-hybridized carbons (Fsp3) is 0.455. The quantitative estimate of drug-likeness (QED) is 0.799. The lowest BCUT2D eigenvalue weighted by Gasteiger charge is -2.07. The molecule has 2 aromatic rings. The van der Waals surface area contributed by atoms with E-state index in [0.717, 1.165) is 11.0 Å². The van der Waals surface area contributed by atoms with Crippen LogP contribution in [0.4, 0.5) is 14.6 Å². The maximum atomic E-state index is 11.8. The van der Waals surface area contributed by atoms with Gasteiger partial charge in [0, 0.05) is 19.8 Å². The van der Waals surface area contributed by atoms with Crippen molar-refractivity contribution in [3.63, 3.8) is 0 Å². The number of nitrogens with one attached hydrogen (secondary N) is 1. The van der Waals surface area contributed by atoms with Crippen LogP contribution in [0.3, 0.4) is 0 Å². The van der Waals surface area contributed by atoms with Gasteiger partial charge in [-0.25, -0.2) is 18.7 Å². The maximum Gasteiger partial charge on any atom is 0.261 e. The third kappa shape index (κ3) is 2.92. The molecule has 0 saturated carbocycles. The minimum Gasteiger partial charge on any atom is -0.374 e. The molecule has 0 fully saturated rings. The molecule has 0 aliphatic carbocycles. The Kier molecular flexibility index (Phi) is 4.03. The Bertz CT molecular complexity index is 515. The van der Waals surface area contributed by atoms with Crippen molar-refractivity contribution < 1.29 is 13.5 Å². The molecular weight excluding hydrogens is 242 g/mol. The predicted octanol–water partition coefficient (Wildman–Crippen LogP) is 1.66. The first-order valence-electron chi connectivity index (χ1n) is 5.54. The number of fused-ring (bicyclic) bond motifs is 1. The van der Waals surface area contributed by atoms with Crippen LogP contribution in [0.15, 0.2) is 18.6 Å². The fourth-order valence-corrected chi connectivity index (χ4v) is 1.61. The molecule has 2 aromatic heterocycles. The third-order valence-corrected chi connectivity index (χ3v) is 2.43. The van der Waals surface area contributed by atoms with Gasteiger partial charge in [0.1, 0.15) is 12.1 Å². The van der Waals surface area contributed by atoms with E-state index >= 15 is 0 Å². The first kappa shape index (κ1) is 12.7. The molecule has 0 atom stereocenters. The van der Waals surface area contributed by atoms with Crippen LogP contribution < -0.4 is 5.32 Å². The van der Waals surface area contributed by atoms with Gasteiger partial charge in [-0.1, -0.05) is 0 Å². The van der Waals surface area contributed by atoms with Crippen LogP contribution in [-0.2, 0) is 11.8 Å². The minimum absolute atomic E-state index is 0.204. The Hall–Kier alpha value is -1.76. The largest absolute Gasteiger partial charge is 0.374 e. The summed E-state index contributed by atoms with van der Waals surface area (Å²) >= 11 is 0. The van der Waals surface area contributed by atoms with E-state index < -0.39 is 13.0 Å². The topological polar surface area (TPSA) is 52.0 Å². The molecule has 0 unspecified atom stereocenters. The summed E-state index contributed by atoms with van der Waals surface area (Å²) in [5.74, 6) is 0.633. The monoisotopic (exact) mass is 256 g/mol. The van der Waals surface area contributed by atoms with Gasteiger partial charge in [-0.05, 0) is 6.07 Å². The van der Waals surface area contributed by atoms with Gasteiger partial charge < -0.3 is 14.6 Å². The molecule has 98 valence electrons. The van der Waals surface area contributed by atoms with Crippen LogP contribution in [0, 0.1) is 0 Å². The molecule has 0 spiro atoms. The highest BCUT2D eigenvalue weighted by molar-refractivity contribution is 5.85. The van der Waals surface area contributed by atoms with Gasteiger partial charge >= 0.3 is 0 Å². The molecule has 0 bridgehead atoms. The van der Waals surface area contributed by atoms with Crippen molar-refractivity contribution >= 4 is 16.9 Å². The van der Waals surface area contributed by atoms with Crippen molar-refractivity contribution in [2.24, 2.45) is 7.05 Å². The second kappa shape index (κ2) is 5.72. The zero-order valence-electron chi connectivity index (χ0n) is 9.94. The number of ether oxygens (including phenoxy) is 1. The summed E-state index contributed by atoms with van der Waals surface area (Å²) in [6.45, 7) is 0.0769. The molecule has 0 amide bonds. The molecule has 7 heteroatoms. The van der Waals surface area contributed by atoms with E-state index in [1.165, 1.54) is 0 Å². The molecule has 0 saturated heterocycles. The summed E-state index contributed by atoms with van der Waals surface area (Å²) in [7, 11) is 1.89. The van der Waals surface area contributed by atoms with Crippen molar-refractivity contribution in [2.75, 3.05) is 25.1 Å². The highest BCUT2D eigenvalue weighted by Gasteiger charge is 2.06. The normalized spacial score (nSPS) is 11.3. The SMILES string of the molecule is Cn1cnc2c(NCCOCC(F)F)nccc21. The number of rotatable bonds is 6. The van der Waals surface area contributed by atoms with Gasteiger partial charge in [0.25, 0.3) is 6.43 Å². The van der Waals surface area contributed by atoms with Crippen LogP contribution >= 0.6 is 0 Å². The van der Waals surface area contributed by atoms with E-state index in [2.05, 4.69) is 15.3 Å². The van der Waals surface area contributed by atoms with Crippen molar-refractivity contribution in [2.45, 2.75) is 6.43 Å². The molecule has 0 aliphatic heterocycles. The number of aromatic nitrogens is 3. The lowest BCUT2D eigenvalue weighted by atomic mass is 10.4. The highest BCUT2D eigenvalue weighted by Crippen LogP contribution is 2.17. The molecule has 2 rings (SSSR count). The van der Waals surface area contributed by atoms with Crippen molar-refractivity contribution in [1.29, 1.82) is 0 Å². The standard InChI is InChI=1S/C11H14F2N4O/c1-17-7-16-10-8(17)2-3-14-11(10)15-4-5-18-6-9(12)13/h2-3,7,9H,4-6H2,1H3,(H,14,15). The summed E-state index contributed by atoms with van der Waals surface area (Å²) in [5.41, 5.74) is 1.72. The van der Waals surface area contributed by atoms with Crippen LogP contribution in [0.25, 0.3) is 11.0 Å². The first-order valence-corrected chi connectivity index (χ1v) is 5.54. The highest BCUT2D eigenvalue weighted by atomic mass is 19.3.